The van der Waals surface area contributed by atoms with Gasteiger partial charge in [-0.25, -0.2) is 0 Å². The lowest BCUT2D eigenvalue weighted by atomic mass is 9.86. The van der Waals surface area contributed by atoms with Crippen LogP contribution in [0, 0.1) is 5.92 Å². The van der Waals surface area contributed by atoms with Crippen LogP contribution in [0.15, 0.2) is 18.2 Å². The zero-order valence-electron chi connectivity index (χ0n) is 13.6. The summed E-state index contributed by atoms with van der Waals surface area (Å²) < 4.78 is 0. The molecule has 1 aromatic rings. The number of benzene rings is 1. The number of hydrogen-bond acceptors (Lipinski definition) is 3. The fraction of sp³-hybridized carbons (Fsp3) is 0.588. The molecule has 2 N–H and O–H groups in total. The molecule has 0 aromatic heterocycles. The second-order valence-corrected chi connectivity index (χ2v) is 6.51. The van der Waals surface area contributed by atoms with E-state index in [1.165, 1.54) is 25.7 Å². The normalized spacial score (nSPS) is 21.9. The number of amides is 1. The van der Waals surface area contributed by atoms with Crippen molar-refractivity contribution in [3.63, 3.8) is 0 Å². The van der Waals surface area contributed by atoms with E-state index in [9.17, 15) is 4.79 Å². The summed E-state index contributed by atoms with van der Waals surface area (Å²) in [5.41, 5.74) is 8.55. The average Bonchev–Trinajstić information content (AvgIpc) is 2.45. The standard InChI is InChI=1S/C17H27N3O/c1-12-6-5-7-14(10-12)20(4)16-9-8-13(11-15(16)18)17(21)19(2)3/h8-9,11-12,14H,5-7,10,18H2,1-4H3. The fourth-order valence-corrected chi connectivity index (χ4v) is 3.22. The van der Waals surface area contributed by atoms with Crippen LogP contribution in [0.2, 0.25) is 0 Å². The number of rotatable bonds is 3. The summed E-state index contributed by atoms with van der Waals surface area (Å²) >= 11 is 0. The van der Waals surface area contributed by atoms with Crippen LogP contribution in [0.25, 0.3) is 0 Å². The largest absolute Gasteiger partial charge is 0.397 e. The first kappa shape index (κ1) is 15.7. The molecular formula is C17H27N3O. The van der Waals surface area contributed by atoms with Gasteiger partial charge in [-0.2, -0.15) is 0 Å². The first-order valence-electron chi connectivity index (χ1n) is 7.74. The Labute approximate surface area is 127 Å². The van der Waals surface area contributed by atoms with Gasteiger partial charge in [-0.3, -0.25) is 4.79 Å². The van der Waals surface area contributed by atoms with E-state index in [-0.39, 0.29) is 5.91 Å². The summed E-state index contributed by atoms with van der Waals surface area (Å²) in [6.45, 7) is 2.32. The minimum Gasteiger partial charge on any atom is -0.397 e. The maximum absolute atomic E-state index is 12.0. The number of nitrogens with two attached hydrogens (primary N) is 1. The quantitative estimate of drug-likeness (QED) is 0.870. The average molecular weight is 289 g/mol. The van der Waals surface area contributed by atoms with Crippen LogP contribution in [0.1, 0.15) is 43.0 Å². The Kier molecular flexibility index (Phi) is 4.76. The Morgan fingerprint density at radius 2 is 1.95 bits per heavy atom. The lowest BCUT2D eigenvalue weighted by Gasteiger charge is -2.36. The van der Waals surface area contributed by atoms with Gasteiger partial charge in [0.1, 0.15) is 0 Å². The molecule has 0 radical (unpaired) electrons. The molecule has 1 saturated carbocycles. The highest BCUT2D eigenvalue weighted by Gasteiger charge is 2.24. The number of carbonyl (C=O) groups is 1. The summed E-state index contributed by atoms with van der Waals surface area (Å²) in [6.07, 6.45) is 5.05. The van der Waals surface area contributed by atoms with E-state index in [0.29, 0.717) is 17.3 Å². The van der Waals surface area contributed by atoms with Crippen molar-refractivity contribution in [2.45, 2.75) is 38.6 Å². The highest BCUT2D eigenvalue weighted by Crippen LogP contribution is 2.32. The summed E-state index contributed by atoms with van der Waals surface area (Å²) in [6, 6.07) is 6.19. The van der Waals surface area contributed by atoms with Crippen LogP contribution >= 0.6 is 0 Å². The Morgan fingerprint density at radius 3 is 2.52 bits per heavy atom. The van der Waals surface area contributed by atoms with Gasteiger partial charge in [-0.1, -0.05) is 19.8 Å². The van der Waals surface area contributed by atoms with Crippen LogP contribution < -0.4 is 10.6 Å². The van der Waals surface area contributed by atoms with Crippen molar-refractivity contribution in [3.05, 3.63) is 23.8 Å². The van der Waals surface area contributed by atoms with Crippen molar-refractivity contribution in [2.24, 2.45) is 5.92 Å². The predicted octanol–water partition coefficient (Wildman–Crippen LogP) is 2.99. The molecule has 2 unspecified atom stereocenters. The molecule has 4 heteroatoms. The van der Waals surface area contributed by atoms with Crippen molar-refractivity contribution in [1.29, 1.82) is 0 Å². The number of hydrogen-bond donors (Lipinski definition) is 1. The molecule has 4 nitrogen and oxygen atoms in total. The van der Waals surface area contributed by atoms with Crippen molar-refractivity contribution in [2.75, 3.05) is 31.8 Å². The third-order valence-corrected chi connectivity index (χ3v) is 4.52. The van der Waals surface area contributed by atoms with Gasteiger partial charge in [-0.15, -0.1) is 0 Å². The van der Waals surface area contributed by atoms with Gasteiger partial charge in [0.2, 0.25) is 0 Å². The summed E-state index contributed by atoms with van der Waals surface area (Å²) in [5.74, 6) is 0.768. The minimum atomic E-state index is -0.0119. The second kappa shape index (κ2) is 6.37. The smallest absolute Gasteiger partial charge is 0.253 e. The zero-order chi connectivity index (χ0) is 15.6. The Hall–Kier alpha value is -1.71. The van der Waals surface area contributed by atoms with E-state index < -0.39 is 0 Å². The van der Waals surface area contributed by atoms with E-state index in [1.807, 2.05) is 12.1 Å². The summed E-state index contributed by atoms with van der Waals surface area (Å²) in [4.78, 5) is 15.8. The van der Waals surface area contributed by atoms with Gasteiger partial charge in [0.05, 0.1) is 11.4 Å². The molecule has 1 aromatic carbocycles. The maximum atomic E-state index is 12.0. The predicted molar refractivity (Wildman–Crippen MR) is 88.7 cm³/mol. The molecule has 1 aliphatic carbocycles. The molecule has 0 heterocycles. The molecule has 2 rings (SSSR count). The molecule has 0 spiro atoms. The highest BCUT2D eigenvalue weighted by molar-refractivity contribution is 5.95. The zero-order valence-corrected chi connectivity index (χ0v) is 13.6. The lowest BCUT2D eigenvalue weighted by Crippen LogP contribution is -2.36. The van der Waals surface area contributed by atoms with E-state index in [0.717, 1.165) is 11.6 Å². The van der Waals surface area contributed by atoms with Crippen LogP contribution in [0.5, 0.6) is 0 Å². The molecule has 1 amide bonds. The van der Waals surface area contributed by atoms with Gasteiger partial charge < -0.3 is 15.5 Å². The molecule has 1 fully saturated rings. The SMILES string of the molecule is CC1CCCC(N(C)c2ccc(C(=O)N(C)C)cc2N)C1. The van der Waals surface area contributed by atoms with Gasteiger partial charge in [0.25, 0.3) is 5.91 Å². The second-order valence-electron chi connectivity index (χ2n) is 6.51. The lowest BCUT2D eigenvalue weighted by molar-refractivity contribution is 0.0827. The Balaban J connectivity index is 2.18. The molecule has 2 atom stereocenters. The third-order valence-electron chi connectivity index (χ3n) is 4.52. The van der Waals surface area contributed by atoms with Crippen LogP contribution in [-0.2, 0) is 0 Å². The molecule has 21 heavy (non-hydrogen) atoms. The van der Waals surface area contributed by atoms with Gasteiger partial charge >= 0.3 is 0 Å². The van der Waals surface area contributed by atoms with Crippen LogP contribution in [0.3, 0.4) is 0 Å². The third kappa shape index (κ3) is 3.49. The highest BCUT2D eigenvalue weighted by atomic mass is 16.2. The van der Waals surface area contributed by atoms with Crippen molar-refractivity contribution >= 4 is 17.3 Å². The molecule has 116 valence electrons. The number of anilines is 2. The Morgan fingerprint density at radius 1 is 1.24 bits per heavy atom. The fourth-order valence-electron chi connectivity index (χ4n) is 3.22. The van der Waals surface area contributed by atoms with Gasteiger partial charge in [0.15, 0.2) is 0 Å². The van der Waals surface area contributed by atoms with Crippen molar-refractivity contribution < 1.29 is 4.79 Å². The van der Waals surface area contributed by atoms with Crippen LogP contribution in [0.4, 0.5) is 11.4 Å². The minimum absolute atomic E-state index is 0.0119. The monoisotopic (exact) mass is 289 g/mol. The molecule has 1 aliphatic rings. The van der Waals surface area contributed by atoms with E-state index in [1.54, 1.807) is 25.1 Å². The maximum Gasteiger partial charge on any atom is 0.253 e. The number of nitrogen functional groups attached to an aromatic ring is 1. The first-order chi connectivity index (χ1) is 9.90. The summed E-state index contributed by atoms with van der Waals surface area (Å²) in [5, 5.41) is 0. The molecular weight excluding hydrogens is 262 g/mol. The van der Waals surface area contributed by atoms with Crippen LogP contribution in [-0.4, -0.2) is 38.0 Å². The van der Waals surface area contributed by atoms with Gasteiger partial charge in [0, 0.05) is 32.7 Å². The topological polar surface area (TPSA) is 49.6 Å². The number of nitrogens with zero attached hydrogens (tertiary/aromatic N) is 2. The Bertz CT molecular complexity index is 513. The molecule has 0 aliphatic heterocycles. The summed E-state index contributed by atoms with van der Waals surface area (Å²) in [7, 11) is 5.62. The van der Waals surface area contributed by atoms with Crippen molar-refractivity contribution in [3.8, 4) is 0 Å². The van der Waals surface area contributed by atoms with E-state index in [4.69, 9.17) is 5.73 Å². The van der Waals surface area contributed by atoms with E-state index in [2.05, 4.69) is 18.9 Å². The molecule has 0 saturated heterocycles. The molecule has 0 bridgehead atoms. The van der Waals surface area contributed by atoms with Gasteiger partial charge in [-0.05, 0) is 37.0 Å². The first-order valence-corrected chi connectivity index (χ1v) is 7.74. The van der Waals surface area contributed by atoms with E-state index >= 15 is 0 Å². The van der Waals surface area contributed by atoms with Crippen molar-refractivity contribution in [1.82, 2.24) is 4.90 Å². The number of carbonyl (C=O) groups excluding carboxylic acids is 1.